The zero-order valence-electron chi connectivity index (χ0n) is 10.6. The summed E-state index contributed by atoms with van der Waals surface area (Å²) in [5.41, 5.74) is 3.79. The quantitative estimate of drug-likeness (QED) is 0.708. The summed E-state index contributed by atoms with van der Waals surface area (Å²) in [6, 6.07) is 4.39. The average molecular weight is 285 g/mol. The van der Waals surface area contributed by atoms with E-state index in [0.29, 0.717) is 6.10 Å². The lowest BCUT2D eigenvalue weighted by molar-refractivity contribution is 0.190. The molecule has 0 aliphatic carbocycles. The fourth-order valence-corrected chi connectivity index (χ4v) is 2.25. The van der Waals surface area contributed by atoms with Crippen LogP contribution in [-0.4, -0.2) is 6.10 Å². The summed E-state index contributed by atoms with van der Waals surface area (Å²) in [5.74, 6) is 1.07. The summed E-state index contributed by atoms with van der Waals surface area (Å²) in [6.45, 7) is 8.59. The highest BCUT2D eigenvalue weighted by atomic mass is 79.9. The first kappa shape index (κ1) is 13.6. The van der Waals surface area contributed by atoms with E-state index < -0.39 is 0 Å². The smallest absolute Gasteiger partial charge is 0.125 e. The Morgan fingerprint density at radius 1 is 1.12 bits per heavy atom. The molecular weight excluding hydrogens is 264 g/mol. The third-order valence-electron chi connectivity index (χ3n) is 2.87. The fraction of sp³-hybridized carbons (Fsp3) is 0.571. The largest absolute Gasteiger partial charge is 0.490 e. The van der Waals surface area contributed by atoms with Gasteiger partial charge in [0.2, 0.25) is 0 Å². The van der Waals surface area contributed by atoms with Gasteiger partial charge < -0.3 is 4.74 Å². The van der Waals surface area contributed by atoms with Crippen molar-refractivity contribution in [3.8, 4) is 5.75 Å². The van der Waals surface area contributed by atoms with E-state index in [1.165, 1.54) is 16.7 Å². The van der Waals surface area contributed by atoms with Crippen LogP contribution in [-0.2, 0) is 5.33 Å². The lowest BCUT2D eigenvalue weighted by Crippen LogP contribution is -2.15. The summed E-state index contributed by atoms with van der Waals surface area (Å²) in [6.07, 6.45) is 2.47. The first-order chi connectivity index (χ1) is 7.62. The number of hydrogen-bond acceptors (Lipinski definition) is 1. The average Bonchev–Trinajstić information content (AvgIpc) is 2.28. The molecule has 2 heteroatoms. The molecule has 0 atom stereocenters. The number of halogens is 1. The third kappa shape index (κ3) is 3.24. The van der Waals surface area contributed by atoms with Gasteiger partial charge in [-0.25, -0.2) is 0 Å². The van der Waals surface area contributed by atoms with Gasteiger partial charge in [-0.1, -0.05) is 41.9 Å². The van der Waals surface area contributed by atoms with Crippen LogP contribution < -0.4 is 4.74 Å². The number of hydrogen-bond donors (Lipinski definition) is 0. The molecule has 0 saturated carbocycles. The molecule has 90 valence electrons. The van der Waals surface area contributed by atoms with E-state index in [4.69, 9.17) is 4.74 Å². The van der Waals surface area contributed by atoms with E-state index in [0.717, 1.165) is 23.9 Å². The van der Waals surface area contributed by atoms with Crippen molar-refractivity contribution in [1.29, 1.82) is 0 Å². The van der Waals surface area contributed by atoms with Gasteiger partial charge in [-0.15, -0.1) is 0 Å². The first-order valence-corrected chi connectivity index (χ1v) is 7.07. The maximum Gasteiger partial charge on any atom is 0.125 e. The number of benzene rings is 1. The fourth-order valence-electron chi connectivity index (χ4n) is 1.93. The van der Waals surface area contributed by atoms with Crippen molar-refractivity contribution in [3.63, 3.8) is 0 Å². The van der Waals surface area contributed by atoms with Crippen molar-refractivity contribution in [2.45, 2.75) is 52.0 Å². The van der Waals surface area contributed by atoms with Crippen LogP contribution in [0.2, 0.25) is 0 Å². The van der Waals surface area contributed by atoms with Gasteiger partial charge >= 0.3 is 0 Å². The van der Waals surface area contributed by atoms with E-state index in [1.807, 2.05) is 0 Å². The highest BCUT2D eigenvalue weighted by Gasteiger charge is 2.10. The van der Waals surface area contributed by atoms with Crippen molar-refractivity contribution in [3.05, 3.63) is 28.8 Å². The lowest BCUT2D eigenvalue weighted by atomic mass is 10.1. The highest BCUT2D eigenvalue weighted by Crippen LogP contribution is 2.27. The van der Waals surface area contributed by atoms with Crippen LogP contribution in [0, 0.1) is 13.8 Å². The molecule has 0 N–H and O–H groups in total. The number of alkyl halides is 1. The maximum absolute atomic E-state index is 6.06. The Labute approximate surface area is 107 Å². The molecule has 0 spiro atoms. The summed E-state index contributed by atoms with van der Waals surface area (Å²) < 4.78 is 6.06. The van der Waals surface area contributed by atoms with Crippen LogP contribution in [0.25, 0.3) is 0 Å². The second-order valence-corrected chi connectivity index (χ2v) is 4.81. The molecule has 0 bridgehead atoms. The topological polar surface area (TPSA) is 9.23 Å². The van der Waals surface area contributed by atoms with E-state index in [2.05, 4.69) is 55.8 Å². The number of ether oxygens (including phenoxy) is 1. The van der Waals surface area contributed by atoms with Gasteiger partial charge in [0.25, 0.3) is 0 Å². The van der Waals surface area contributed by atoms with Gasteiger partial charge in [-0.2, -0.15) is 0 Å². The van der Waals surface area contributed by atoms with Gasteiger partial charge in [0.15, 0.2) is 0 Å². The highest BCUT2D eigenvalue weighted by molar-refractivity contribution is 9.08. The lowest BCUT2D eigenvalue weighted by Gasteiger charge is -2.20. The third-order valence-corrected chi connectivity index (χ3v) is 3.52. The van der Waals surface area contributed by atoms with Crippen molar-refractivity contribution >= 4 is 15.9 Å². The van der Waals surface area contributed by atoms with E-state index in [-0.39, 0.29) is 0 Å². The number of aryl methyl sites for hydroxylation is 2. The Balaban J connectivity index is 2.95. The van der Waals surface area contributed by atoms with Crippen LogP contribution in [0.1, 0.15) is 43.4 Å². The molecule has 0 fully saturated rings. The predicted octanol–water partition coefficient (Wildman–Crippen LogP) is 4.77. The molecular formula is C14H21BrO. The van der Waals surface area contributed by atoms with Gasteiger partial charge in [-0.05, 0) is 43.4 Å². The summed E-state index contributed by atoms with van der Waals surface area (Å²) in [7, 11) is 0. The predicted molar refractivity (Wildman–Crippen MR) is 73.5 cm³/mol. The van der Waals surface area contributed by atoms with Crippen LogP contribution in [0.15, 0.2) is 12.1 Å². The van der Waals surface area contributed by atoms with Crippen LogP contribution in [0.3, 0.4) is 0 Å². The van der Waals surface area contributed by atoms with Gasteiger partial charge in [-0.3, -0.25) is 0 Å². The SMILES string of the molecule is CCC(CC)Oc1c(C)cc(CBr)cc1C. The molecule has 0 unspecified atom stereocenters. The molecule has 0 amide bonds. The minimum Gasteiger partial charge on any atom is -0.490 e. The molecule has 16 heavy (non-hydrogen) atoms. The molecule has 0 aliphatic rings. The minimum absolute atomic E-state index is 0.340. The molecule has 1 aromatic rings. The normalized spacial score (nSPS) is 10.9. The molecule has 0 radical (unpaired) electrons. The number of rotatable bonds is 5. The summed E-state index contributed by atoms with van der Waals surface area (Å²) >= 11 is 3.49. The second-order valence-electron chi connectivity index (χ2n) is 4.25. The van der Waals surface area contributed by atoms with E-state index >= 15 is 0 Å². The van der Waals surface area contributed by atoms with Gasteiger partial charge in [0.05, 0.1) is 6.10 Å². The van der Waals surface area contributed by atoms with Gasteiger partial charge in [0, 0.05) is 5.33 Å². The van der Waals surface area contributed by atoms with Crippen molar-refractivity contribution in [2.75, 3.05) is 0 Å². The minimum atomic E-state index is 0.340. The first-order valence-electron chi connectivity index (χ1n) is 5.95. The van der Waals surface area contributed by atoms with Crippen molar-refractivity contribution < 1.29 is 4.74 Å². The summed E-state index contributed by atoms with van der Waals surface area (Å²) in [4.78, 5) is 0. The zero-order chi connectivity index (χ0) is 12.1. The second kappa shape index (κ2) is 6.29. The molecule has 1 nitrogen and oxygen atoms in total. The molecule has 1 aromatic carbocycles. The van der Waals surface area contributed by atoms with Crippen molar-refractivity contribution in [1.82, 2.24) is 0 Å². The molecule has 0 aromatic heterocycles. The van der Waals surface area contributed by atoms with Gasteiger partial charge in [0.1, 0.15) is 5.75 Å². The van der Waals surface area contributed by atoms with E-state index in [9.17, 15) is 0 Å². The zero-order valence-corrected chi connectivity index (χ0v) is 12.2. The standard InChI is InChI=1S/C14H21BrO/c1-5-13(6-2)16-14-10(3)7-12(9-15)8-11(14)4/h7-8,13H,5-6,9H2,1-4H3. The van der Waals surface area contributed by atoms with Crippen LogP contribution >= 0.6 is 15.9 Å². The maximum atomic E-state index is 6.06. The van der Waals surface area contributed by atoms with Crippen molar-refractivity contribution in [2.24, 2.45) is 0 Å². The Morgan fingerprint density at radius 2 is 1.62 bits per heavy atom. The summed E-state index contributed by atoms with van der Waals surface area (Å²) in [5, 5.41) is 0.903. The van der Waals surface area contributed by atoms with Crippen LogP contribution in [0.4, 0.5) is 0 Å². The molecule has 0 saturated heterocycles. The Bertz CT molecular complexity index is 320. The molecule has 1 rings (SSSR count). The molecule has 0 aliphatic heterocycles. The Kier molecular flexibility index (Phi) is 5.33. The van der Waals surface area contributed by atoms with Crippen LogP contribution in [0.5, 0.6) is 5.75 Å². The Hall–Kier alpha value is -0.500. The monoisotopic (exact) mass is 284 g/mol. The Morgan fingerprint density at radius 3 is 2.00 bits per heavy atom. The molecule has 0 heterocycles. The van der Waals surface area contributed by atoms with E-state index in [1.54, 1.807) is 0 Å².